The first-order chi connectivity index (χ1) is 12.9. The molecule has 0 fully saturated rings. The van der Waals surface area contributed by atoms with Crippen LogP contribution in [0.2, 0.25) is 0 Å². The van der Waals surface area contributed by atoms with Crippen molar-refractivity contribution in [3.8, 4) is 11.5 Å². The zero-order chi connectivity index (χ0) is 19.2. The number of aromatic nitrogens is 5. The van der Waals surface area contributed by atoms with E-state index in [9.17, 15) is 4.79 Å². The van der Waals surface area contributed by atoms with E-state index in [-0.39, 0.29) is 5.91 Å². The van der Waals surface area contributed by atoms with Gasteiger partial charge in [-0.15, -0.1) is 0 Å². The molecular weight excluding hydrogens is 340 g/mol. The molecular formula is C20H26N6O. The van der Waals surface area contributed by atoms with E-state index < -0.39 is 0 Å². The second-order valence-corrected chi connectivity index (χ2v) is 8.22. The Kier molecular flexibility index (Phi) is 4.25. The molecule has 1 aliphatic rings. The number of carbonyl (C=O) groups excluding carboxylic acids is 1. The van der Waals surface area contributed by atoms with Crippen LogP contribution in [0.3, 0.4) is 0 Å². The number of carbonyl (C=O) groups is 1. The lowest BCUT2D eigenvalue weighted by atomic mass is 9.76. The number of nitrogens with one attached hydrogen (secondary N) is 2. The van der Waals surface area contributed by atoms with Crippen molar-refractivity contribution >= 4 is 22.8 Å². The van der Waals surface area contributed by atoms with Gasteiger partial charge >= 0.3 is 0 Å². The molecule has 142 valence electrons. The maximum atomic E-state index is 12.1. The third-order valence-corrected chi connectivity index (χ3v) is 5.43. The van der Waals surface area contributed by atoms with Crippen molar-refractivity contribution in [2.45, 2.75) is 52.9 Å². The van der Waals surface area contributed by atoms with E-state index in [4.69, 9.17) is 0 Å². The monoisotopic (exact) mass is 366 g/mol. The summed E-state index contributed by atoms with van der Waals surface area (Å²) in [6, 6.07) is 1.93. The fraction of sp³-hybridized carbons (Fsp3) is 0.500. The summed E-state index contributed by atoms with van der Waals surface area (Å²) in [5, 5.41) is 7.73. The number of imidazole rings is 1. The number of hydrogen-bond acceptors (Lipinski definition) is 4. The first-order valence-corrected chi connectivity index (χ1v) is 9.57. The number of rotatable bonds is 4. The zero-order valence-corrected chi connectivity index (χ0v) is 16.4. The second kappa shape index (κ2) is 6.48. The van der Waals surface area contributed by atoms with Crippen LogP contribution < -0.4 is 4.90 Å². The number of nitrogens with zero attached hydrogens (tertiary/aromatic N) is 4. The second-order valence-electron chi connectivity index (χ2n) is 8.22. The van der Waals surface area contributed by atoms with Gasteiger partial charge in [-0.2, -0.15) is 5.10 Å². The van der Waals surface area contributed by atoms with Crippen LogP contribution in [-0.2, 0) is 17.6 Å². The Balaban J connectivity index is 1.67. The number of aromatic amines is 2. The highest BCUT2D eigenvalue weighted by Crippen LogP contribution is 2.37. The van der Waals surface area contributed by atoms with Gasteiger partial charge in [-0.25, -0.2) is 9.97 Å². The van der Waals surface area contributed by atoms with Gasteiger partial charge in [-0.3, -0.25) is 9.89 Å². The summed E-state index contributed by atoms with van der Waals surface area (Å²) in [7, 11) is 1.78. The summed E-state index contributed by atoms with van der Waals surface area (Å²) in [4.78, 5) is 26.2. The van der Waals surface area contributed by atoms with E-state index in [0.717, 1.165) is 48.4 Å². The molecule has 0 bridgehead atoms. The first kappa shape index (κ1) is 17.7. The van der Waals surface area contributed by atoms with Gasteiger partial charge in [0.15, 0.2) is 11.5 Å². The average molecular weight is 366 g/mol. The summed E-state index contributed by atoms with van der Waals surface area (Å²) in [6.07, 6.45) is 6.19. The Bertz CT molecular complexity index is 999. The summed E-state index contributed by atoms with van der Waals surface area (Å²) >= 11 is 0. The van der Waals surface area contributed by atoms with Crippen molar-refractivity contribution < 1.29 is 4.79 Å². The molecule has 0 radical (unpaired) electrons. The Morgan fingerprint density at radius 2 is 2.19 bits per heavy atom. The summed E-state index contributed by atoms with van der Waals surface area (Å²) in [5.41, 5.74) is 5.86. The quantitative estimate of drug-likeness (QED) is 0.738. The van der Waals surface area contributed by atoms with Crippen LogP contribution in [-0.4, -0.2) is 38.1 Å². The minimum absolute atomic E-state index is 0.0855. The van der Waals surface area contributed by atoms with Crippen LogP contribution in [0.5, 0.6) is 0 Å². The molecule has 3 heterocycles. The lowest BCUT2D eigenvalue weighted by molar-refractivity contribution is -0.118. The van der Waals surface area contributed by atoms with Gasteiger partial charge in [0, 0.05) is 24.7 Å². The first-order valence-electron chi connectivity index (χ1n) is 9.57. The molecule has 0 aliphatic heterocycles. The maximum Gasteiger partial charge on any atom is 0.226 e. The topological polar surface area (TPSA) is 90.6 Å². The molecule has 0 saturated heterocycles. The average Bonchev–Trinajstić information content (AvgIpc) is 3.22. The SMILES string of the molecule is CCCC(=O)N(C)c1cnc2nc(-c3n[nH]c4c3CCC(C)(C)C4)[nH]c2c1. The molecule has 3 aromatic heterocycles. The van der Waals surface area contributed by atoms with Crippen LogP contribution in [0.1, 0.15) is 51.3 Å². The van der Waals surface area contributed by atoms with E-state index in [1.165, 1.54) is 11.3 Å². The van der Waals surface area contributed by atoms with Gasteiger partial charge in [-0.1, -0.05) is 20.8 Å². The smallest absolute Gasteiger partial charge is 0.226 e. The molecule has 2 N–H and O–H groups in total. The van der Waals surface area contributed by atoms with E-state index in [1.54, 1.807) is 18.1 Å². The van der Waals surface area contributed by atoms with Gasteiger partial charge in [0.25, 0.3) is 0 Å². The minimum atomic E-state index is 0.0855. The largest absolute Gasteiger partial charge is 0.335 e. The summed E-state index contributed by atoms with van der Waals surface area (Å²) < 4.78 is 0. The Labute approximate surface area is 158 Å². The number of pyridine rings is 1. The maximum absolute atomic E-state index is 12.1. The fourth-order valence-electron chi connectivity index (χ4n) is 3.75. The Morgan fingerprint density at radius 1 is 1.37 bits per heavy atom. The van der Waals surface area contributed by atoms with Crippen LogP contribution in [0.15, 0.2) is 12.3 Å². The van der Waals surface area contributed by atoms with Gasteiger partial charge in [0.05, 0.1) is 17.4 Å². The molecule has 0 atom stereocenters. The van der Waals surface area contributed by atoms with Crippen LogP contribution in [0, 0.1) is 5.41 Å². The Morgan fingerprint density at radius 3 is 2.96 bits per heavy atom. The van der Waals surface area contributed by atoms with Crippen molar-refractivity contribution in [1.29, 1.82) is 0 Å². The third-order valence-electron chi connectivity index (χ3n) is 5.43. The van der Waals surface area contributed by atoms with Crippen molar-refractivity contribution in [2.75, 3.05) is 11.9 Å². The molecule has 1 amide bonds. The van der Waals surface area contributed by atoms with Crippen molar-refractivity contribution in [2.24, 2.45) is 5.41 Å². The highest BCUT2D eigenvalue weighted by atomic mass is 16.2. The minimum Gasteiger partial charge on any atom is -0.335 e. The van der Waals surface area contributed by atoms with Gasteiger partial charge in [0.2, 0.25) is 5.91 Å². The highest BCUT2D eigenvalue weighted by molar-refractivity contribution is 5.94. The van der Waals surface area contributed by atoms with Crippen LogP contribution in [0.4, 0.5) is 5.69 Å². The fourth-order valence-corrected chi connectivity index (χ4v) is 3.75. The van der Waals surface area contributed by atoms with Gasteiger partial charge in [0.1, 0.15) is 5.69 Å². The van der Waals surface area contributed by atoms with Gasteiger partial charge in [-0.05, 0) is 37.2 Å². The third kappa shape index (κ3) is 3.22. The molecule has 0 unspecified atom stereocenters. The standard InChI is InChI=1S/C20H26N6O/c1-5-6-16(27)26(4)12-9-14-18(21-11-12)23-19(22-14)17-13-7-8-20(2,3)10-15(13)24-25-17/h9,11H,5-8,10H2,1-4H3,(H,24,25)(H,21,22,23). The number of anilines is 1. The normalized spacial score (nSPS) is 15.7. The van der Waals surface area contributed by atoms with Crippen molar-refractivity contribution in [3.63, 3.8) is 0 Å². The molecule has 7 nitrogen and oxygen atoms in total. The predicted octanol–water partition coefficient (Wildman–Crippen LogP) is 3.63. The molecule has 0 spiro atoms. The molecule has 4 rings (SSSR count). The lowest BCUT2D eigenvalue weighted by Crippen LogP contribution is -2.25. The van der Waals surface area contributed by atoms with Crippen molar-refractivity contribution in [3.05, 3.63) is 23.5 Å². The van der Waals surface area contributed by atoms with E-state index in [1.807, 2.05) is 13.0 Å². The molecule has 1 aliphatic carbocycles. The zero-order valence-electron chi connectivity index (χ0n) is 16.4. The summed E-state index contributed by atoms with van der Waals surface area (Å²) in [6.45, 7) is 6.58. The van der Waals surface area contributed by atoms with E-state index in [2.05, 4.69) is 39.0 Å². The molecule has 7 heteroatoms. The summed E-state index contributed by atoms with van der Waals surface area (Å²) in [5.74, 6) is 0.816. The van der Waals surface area contributed by atoms with E-state index >= 15 is 0 Å². The molecule has 3 aromatic rings. The Hall–Kier alpha value is -2.70. The van der Waals surface area contributed by atoms with Crippen LogP contribution in [0.25, 0.3) is 22.7 Å². The number of H-pyrrole nitrogens is 2. The van der Waals surface area contributed by atoms with Crippen LogP contribution >= 0.6 is 0 Å². The molecule has 0 aromatic carbocycles. The number of hydrogen-bond donors (Lipinski definition) is 2. The van der Waals surface area contributed by atoms with E-state index in [0.29, 0.717) is 17.5 Å². The predicted molar refractivity (Wildman–Crippen MR) is 106 cm³/mol. The highest BCUT2D eigenvalue weighted by Gasteiger charge is 2.30. The van der Waals surface area contributed by atoms with Gasteiger partial charge < -0.3 is 9.88 Å². The molecule has 0 saturated carbocycles. The number of amides is 1. The number of fused-ring (bicyclic) bond motifs is 2. The molecule has 27 heavy (non-hydrogen) atoms. The van der Waals surface area contributed by atoms with Crippen molar-refractivity contribution in [1.82, 2.24) is 25.1 Å². The lowest BCUT2D eigenvalue weighted by Gasteiger charge is -2.28.